The van der Waals surface area contributed by atoms with Crippen LogP contribution < -0.4 is 0 Å². The lowest BCUT2D eigenvalue weighted by Crippen LogP contribution is -1.97. The van der Waals surface area contributed by atoms with Gasteiger partial charge in [-0.05, 0) is 30.2 Å². The summed E-state index contributed by atoms with van der Waals surface area (Å²) in [4.78, 5) is 0. The van der Waals surface area contributed by atoms with E-state index in [1.54, 1.807) is 9.47 Å². The first-order chi connectivity index (χ1) is 4.41. The van der Waals surface area contributed by atoms with E-state index < -0.39 is 0 Å². The number of hydrogen-bond donors (Lipinski definition) is 1. The fourth-order valence-corrected chi connectivity index (χ4v) is 0.0946. The monoisotopic (exact) mass is 162 g/mol. The Morgan fingerprint density at radius 2 is 1.44 bits per heavy atom. The summed E-state index contributed by atoms with van der Waals surface area (Å²) in [7, 11) is 1.67. The fourth-order valence-electron chi connectivity index (χ4n) is 0.0625. The third-order valence-electron chi connectivity index (χ3n) is 0.181. The van der Waals surface area contributed by atoms with Crippen molar-refractivity contribution in [1.29, 1.82) is 0 Å². The maximum Gasteiger partial charge on any atom is 0.0457 e. The summed E-state index contributed by atoms with van der Waals surface area (Å²) in [5, 5.41) is 27.4. The fraction of sp³-hybridized carbons (Fsp3) is 0. The van der Waals surface area contributed by atoms with Gasteiger partial charge in [0.25, 0.3) is 0 Å². The summed E-state index contributed by atoms with van der Waals surface area (Å²) in [6.07, 6.45) is 0. The van der Waals surface area contributed by atoms with Gasteiger partial charge in [0.2, 0.25) is 0 Å². The highest BCUT2D eigenvalue weighted by molar-refractivity contribution is 7.09. The second-order valence-corrected chi connectivity index (χ2v) is 0.703. The first kappa shape index (κ1) is 9.11. The molecule has 0 radical (unpaired) electrons. The first-order valence-electron chi connectivity index (χ1n) is 1.42. The van der Waals surface area contributed by atoms with Gasteiger partial charge >= 0.3 is 0 Å². The first-order valence-corrected chi connectivity index (χ1v) is 1.89. The maximum atomic E-state index is 7.36. The summed E-state index contributed by atoms with van der Waals surface area (Å²) >= 11 is 0. The second kappa shape index (κ2) is 8.11. The molecule has 1 unspecified atom stereocenters. The molecule has 1 N–H and O–H groups in total. The maximum absolute atomic E-state index is 7.36. The van der Waals surface area contributed by atoms with Crippen molar-refractivity contribution in [2.45, 2.75) is 0 Å². The second-order valence-electron chi connectivity index (χ2n) is 0.511. The van der Waals surface area contributed by atoms with Crippen molar-refractivity contribution in [3.05, 3.63) is 0 Å². The van der Waals surface area contributed by atoms with E-state index in [0.29, 0.717) is 0 Å². The molecule has 9 heavy (non-hydrogen) atoms. The average molecular weight is 162 g/mol. The molecule has 0 aromatic rings. The Hall–Kier alpha value is 0.110. The van der Waals surface area contributed by atoms with Crippen molar-refractivity contribution in [2.24, 2.45) is 0 Å². The van der Waals surface area contributed by atoms with Crippen LogP contribution in [0.15, 0.2) is 0 Å². The van der Waals surface area contributed by atoms with Gasteiger partial charge in [-0.25, -0.2) is 5.26 Å². The minimum Gasteiger partial charge on any atom is -0.219 e. The summed E-state index contributed by atoms with van der Waals surface area (Å²) < 4.78 is 3.75. The van der Waals surface area contributed by atoms with Gasteiger partial charge in [-0.1, -0.05) is 0 Å². The standard InChI is InChI=1S/H3O8P/c1-2-3-4-5-6-7-8-9/h1H,9H2. The zero-order chi connectivity index (χ0) is 6.95. The molecule has 56 valence electrons. The molecule has 0 rings (SSSR count). The molecule has 0 aromatic carbocycles. The molecule has 0 aliphatic carbocycles. The van der Waals surface area contributed by atoms with Crippen LogP contribution in [0.4, 0.5) is 0 Å². The average Bonchev–Trinajstić information content (AvgIpc) is 1.89. The van der Waals surface area contributed by atoms with E-state index in [-0.39, 0.29) is 0 Å². The van der Waals surface area contributed by atoms with E-state index in [0.717, 1.165) is 0 Å². The Balaban J connectivity index is 2.60. The van der Waals surface area contributed by atoms with Crippen LogP contribution in [0.3, 0.4) is 0 Å². The van der Waals surface area contributed by atoms with Crippen LogP contribution in [0.5, 0.6) is 0 Å². The van der Waals surface area contributed by atoms with Gasteiger partial charge in [-0.2, -0.15) is 4.67 Å². The van der Waals surface area contributed by atoms with Gasteiger partial charge in [-0.3, -0.25) is 0 Å². The molecule has 0 saturated heterocycles. The number of hydrogen-bond acceptors (Lipinski definition) is 8. The van der Waals surface area contributed by atoms with Crippen LogP contribution >= 0.6 is 9.47 Å². The minimum atomic E-state index is 1.67. The third-order valence-corrected chi connectivity index (χ3v) is 0.259. The molecular weight excluding hydrogens is 159 g/mol. The van der Waals surface area contributed by atoms with Crippen molar-refractivity contribution < 1.29 is 40.2 Å². The zero-order valence-electron chi connectivity index (χ0n) is 3.88. The van der Waals surface area contributed by atoms with Gasteiger partial charge in [0.1, 0.15) is 0 Å². The van der Waals surface area contributed by atoms with E-state index >= 15 is 0 Å². The highest BCUT2D eigenvalue weighted by atomic mass is 31.0. The Bertz CT molecular complexity index is 37.8. The number of rotatable bonds is 6. The Morgan fingerprint density at radius 1 is 0.889 bits per heavy atom. The third kappa shape index (κ3) is 8.11. The largest absolute Gasteiger partial charge is 0.219 e. The summed E-state index contributed by atoms with van der Waals surface area (Å²) in [5.41, 5.74) is 0. The Morgan fingerprint density at radius 3 is 2.00 bits per heavy atom. The zero-order valence-corrected chi connectivity index (χ0v) is 5.04. The van der Waals surface area contributed by atoms with E-state index in [4.69, 9.17) is 5.26 Å². The highest BCUT2D eigenvalue weighted by Crippen LogP contribution is 1.89. The molecule has 0 aliphatic heterocycles. The summed E-state index contributed by atoms with van der Waals surface area (Å²) in [6.45, 7) is 0. The molecule has 0 saturated carbocycles. The molecule has 0 spiro atoms. The molecule has 0 fully saturated rings. The molecule has 0 aromatic heterocycles. The van der Waals surface area contributed by atoms with Crippen LogP contribution in [-0.4, -0.2) is 5.26 Å². The van der Waals surface area contributed by atoms with Crippen LogP contribution in [0.25, 0.3) is 0 Å². The molecule has 0 amide bonds. The quantitative estimate of drug-likeness (QED) is 0.250. The lowest BCUT2D eigenvalue weighted by atomic mass is 14.1. The molecule has 1 atom stereocenters. The molecule has 0 heterocycles. The SMILES string of the molecule is OOOOOOOOP. The van der Waals surface area contributed by atoms with E-state index in [9.17, 15) is 0 Å². The lowest BCUT2D eigenvalue weighted by Gasteiger charge is -1.93. The highest BCUT2D eigenvalue weighted by Gasteiger charge is 1.89. The molecule has 0 aliphatic rings. The van der Waals surface area contributed by atoms with E-state index in [2.05, 4.69) is 34.9 Å². The van der Waals surface area contributed by atoms with E-state index in [1.807, 2.05) is 0 Å². The van der Waals surface area contributed by atoms with Gasteiger partial charge < -0.3 is 0 Å². The van der Waals surface area contributed by atoms with Crippen molar-refractivity contribution in [1.82, 2.24) is 0 Å². The van der Waals surface area contributed by atoms with Crippen LogP contribution in [0.1, 0.15) is 0 Å². The summed E-state index contributed by atoms with van der Waals surface area (Å²) in [5.74, 6) is 0. The van der Waals surface area contributed by atoms with Gasteiger partial charge in [0.15, 0.2) is 0 Å². The molecule has 8 nitrogen and oxygen atoms in total. The van der Waals surface area contributed by atoms with Crippen molar-refractivity contribution in [3.8, 4) is 0 Å². The van der Waals surface area contributed by atoms with Crippen molar-refractivity contribution in [2.75, 3.05) is 0 Å². The van der Waals surface area contributed by atoms with Crippen LogP contribution in [0, 0.1) is 0 Å². The normalized spacial score (nSPS) is 10.0. The predicted molar refractivity (Wildman–Crippen MR) is 19.9 cm³/mol. The lowest BCUT2D eigenvalue weighted by molar-refractivity contribution is -0.805. The Labute approximate surface area is 50.9 Å². The van der Waals surface area contributed by atoms with Crippen LogP contribution in [0.2, 0.25) is 0 Å². The Kier molecular flexibility index (Phi) is 8.21. The summed E-state index contributed by atoms with van der Waals surface area (Å²) in [6, 6.07) is 0. The van der Waals surface area contributed by atoms with Crippen molar-refractivity contribution >= 4 is 9.47 Å². The van der Waals surface area contributed by atoms with Crippen molar-refractivity contribution in [3.63, 3.8) is 0 Å². The topological polar surface area (TPSA) is 84.8 Å². The smallest absolute Gasteiger partial charge is 0.0457 e. The van der Waals surface area contributed by atoms with Gasteiger partial charge in [-0.15, -0.1) is 0 Å². The molecule has 0 bridgehead atoms. The predicted octanol–water partition coefficient (Wildman–Crippen LogP) is -0.144. The van der Waals surface area contributed by atoms with Crippen LogP contribution in [-0.2, 0) is 34.9 Å². The molecule has 9 heteroatoms. The van der Waals surface area contributed by atoms with E-state index in [1.165, 1.54) is 0 Å². The molecular formula is H3O8P. The van der Waals surface area contributed by atoms with Gasteiger partial charge in [0.05, 0.1) is 0 Å². The minimum absolute atomic E-state index is 1.67. The van der Waals surface area contributed by atoms with Gasteiger partial charge in [0, 0.05) is 9.47 Å².